The van der Waals surface area contributed by atoms with Crippen molar-refractivity contribution in [2.45, 2.75) is 46.6 Å². The highest BCUT2D eigenvalue weighted by molar-refractivity contribution is 7.15. The van der Waals surface area contributed by atoms with Gasteiger partial charge < -0.3 is 15.0 Å². The summed E-state index contributed by atoms with van der Waals surface area (Å²) in [5.41, 5.74) is 1.27. The normalized spacial score (nSPS) is 12.7. The summed E-state index contributed by atoms with van der Waals surface area (Å²) in [4.78, 5) is 8.59. The van der Waals surface area contributed by atoms with E-state index in [0.29, 0.717) is 5.92 Å². The van der Waals surface area contributed by atoms with Crippen LogP contribution in [0, 0.1) is 0 Å². The maximum atomic E-state index is 5.19. The van der Waals surface area contributed by atoms with Crippen LogP contribution in [0.1, 0.15) is 50.6 Å². The summed E-state index contributed by atoms with van der Waals surface area (Å²) in [5, 5.41) is 4.56. The molecule has 116 valence electrons. The van der Waals surface area contributed by atoms with Crippen molar-refractivity contribution >= 4 is 16.5 Å². The van der Waals surface area contributed by atoms with Gasteiger partial charge in [0, 0.05) is 31.6 Å². The van der Waals surface area contributed by atoms with Crippen molar-refractivity contribution in [2.75, 3.05) is 38.3 Å². The lowest BCUT2D eigenvalue weighted by atomic mass is 10.0. The molecule has 0 fully saturated rings. The number of ether oxygens (including phenoxy) is 1. The van der Waals surface area contributed by atoms with E-state index in [-0.39, 0.29) is 0 Å². The zero-order chi connectivity index (χ0) is 15.0. The largest absolute Gasteiger partial charge is 0.383 e. The molecule has 1 atom stereocenters. The number of hydrogen-bond acceptors (Lipinski definition) is 5. The Morgan fingerprint density at radius 2 is 2.10 bits per heavy atom. The molecular formula is C15H29N3OS. The number of nitrogens with one attached hydrogen (secondary N) is 1. The molecule has 1 unspecified atom stereocenters. The molecule has 4 nitrogen and oxygen atoms in total. The predicted octanol–water partition coefficient (Wildman–Crippen LogP) is 3.24. The third-order valence-corrected chi connectivity index (χ3v) is 4.68. The number of likely N-dealkylation sites (N-methyl/N-ethyl adjacent to an activating group) is 1. The monoisotopic (exact) mass is 299 g/mol. The van der Waals surface area contributed by atoms with E-state index in [0.717, 1.165) is 44.3 Å². The highest BCUT2D eigenvalue weighted by atomic mass is 32.1. The molecule has 0 radical (unpaired) electrons. The van der Waals surface area contributed by atoms with Crippen molar-refractivity contribution in [1.29, 1.82) is 0 Å². The summed E-state index contributed by atoms with van der Waals surface area (Å²) in [7, 11) is 1.75. The van der Waals surface area contributed by atoms with E-state index in [4.69, 9.17) is 9.72 Å². The summed E-state index contributed by atoms with van der Waals surface area (Å²) in [5.74, 6) is 0.523. The van der Waals surface area contributed by atoms with E-state index >= 15 is 0 Å². The molecule has 5 heteroatoms. The molecule has 1 aromatic heterocycles. The third kappa shape index (κ3) is 4.72. The zero-order valence-corrected chi connectivity index (χ0v) is 14.3. The summed E-state index contributed by atoms with van der Waals surface area (Å²) in [6.45, 7) is 13.3. The molecule has 20 heavy (non-hydrogen) atoms. The topological polar surface area (TPSA) is 37.4 Å². The van der Waals surface area contributed by atoms with Gasteiger partial charge >= 0.3 is 0 Å². The lowest BCUT2D eigenvalue weighted by molar-refractivity contribution is 0.205. The van der Waals surface area contributed by atoms with Crippen molar-refractivity contribution in [1.82, 2.24) is 10.3 Å². The zero-order valence-electron chi connectivity index (χ0n) is 13.5. The molecule has 0 aliphatic carbocycles. The minimum atomic E-state index is 0.523. The number of methoxy groups -OCH3 is 1. The Kier molecular flexibility index (Phi) is 8.11. The lowest BCUT2D eigenvalue weighted by Crippen LogP contribution is -2.26. The first-order chi connectivity index (χ1) is 9.67. The number of hydrogen-bond donors (Lipinski definition) is 1. The number of aromatic nitrogens is 1. The molecule has 0 aromatic carbocycles. The van der Waals surface area contributed by atoms with Gasteiger partial charge in [-0.25, -0.2) is 4.98 Å². The van der Waals surface area contributed by atoms with Gasteiger partial charge in [0.05, 0.1) is 12.3 Å². The van der Waals surface area contributed by atoms with Crippen molar-refractivity contribution < 1.29 is 4.74 Å². The quantitative estimate of drug-likeness (QED) is 0.720. The second-order valence-corrected chi connectivity index (χ2v) is 6.03. The summed E-state index contributed by atoms with van der Waals surface area (Å²) < 4.78 is 5.19. The van der Waals surface area contributed by atoms with Gasteiger partial charge in [0.2, 0.25) is 0 Å². The Morgan fingerprint density at radius 1 is 1.35 bits per heavy atom. The van der Waals surface area contributed by atoms with Crippen LogP contribution < -0.4 is 10.2 Å². The molecule has 0 saturated heterocycles. The van der Waals surface area contributed by atoms with E-state index in [2.05, 4.69) is 37.9 Å². The van der Waals surface area contributed by atoms with Crippen LogP contribution in [0.3, 0.4) is 0 Å². The lowest BCUT2D eigenvalue weighted by Gasteiger charge is -2.19. The van der Waals surface area contributed by atoms with Gasteiger partial charge in [-0.1, -0.05) is 20.8 Å². The Morgan fingerprint density at radius 3 is 2.65 bits per heavy atom. The van der Waals surface area contributed by atoms with Crippen LogP contribution in [-0.4, -0.2) is 38.3 Å². The molecule has 0 aliphatic heterocycles. The van der Waals surface area contributed by atoms with Crippen LogP contribution in [0.4, 0.5) is 5.13 Å². The fraction of sp³-hybridized carbons (Fsp3) is 0.800. The second kappa shape index (κ2) is 9.32. The minimum Gasteiger partial charge on any atom is -0.383 e. The molecule has 1 heterocycles. The van der Waals surface area contributed by atoms with Gasteiger partial charge in [0.25, 0.3) is 0 Å². The van der Waals surface area contributed by atoms with Crippen LogP contribution in [0.25, 0.3) is 0 Å². The minimum absolute atomic E-state index is 0.523. The third-order valence-electron chi connectivity index (χ3n) is 3.55. The van der Waals surface area contributed by atoms with Gasteiger partial charge in [0.1, 0.15) is 0 Å². The van der Waals surface area contributed by atoms with Crippen molar-refractivity contribution in [3.8, 4) is 0 Å². The fourth-order valence-corrected chi connectivity index (χ4v) is 3.26. The van der Waals surface area contributed by atoms with Crippen molar-refractivity contribution in [3.05, 3.63) is 10.6 Å². The standard InChI is InChI=1S/C15H29N3OS/c1-6-12(4)14-13(11-16-7-2)20-15(17-14)18(8-3)9-10-19-5/h12,16H,6-11H2,1-5H3. The van der Waals surface area contributed by atoms with E-state index in [1.54, 1.807) is 7.11 Å². The number of thiazole rings is 1. The molecular weight excluding hydrogens is 270 g/mol. The molecule has 0 spiro atoms. The number of nitrogens with zero attached hydrogens (tertiary/aromatic N) is 2. The Bertz CT molecular complexity index is 381. The van der Waals surface area contributed by atoms with E-state index in [9.17, 15) is 0 Å². The smallest absolute Gasteiger partial charge is 0.185 e. The van der Waals surface area contributed by atoms with Crippen LogP contribution in [0.15, 0.2) is 0 Å². The fourth-order valence-electron chi connectivity index (χ4n) is 2.02. The summed E-state index contributed by atoms with van der Waals surface area (Å²) in [6, 6.07) is 0. The number of rotatable bonds is 10. The molecule has 1 aromatic rings. The number of anilines is 1. The van der Waals surface area contributed by atoms with Gasteiger partial charge in [0.15, 0.2) is 5.13 Å². The van der Waals surface area contributed by atoms with Gasteiger partial charge in [-0.2, -0.15) is 0 Å². The van der Waals surface area contributed by atoms with Crippen molar-refractivity contribution in [3.63, 3.8) is 0 Å². The average Bonchev–Trinajstić information content (AvgIpc) is 2.89. The summed E-state index contributed by atoms with van der Waals surface area (Å²) >= 11 is 1.82. The van der Waals surface area contributed by atoms with Crippen LogP contribution in [0.5, 0.6) is 0 Å². The highest BCUT2D eigenvalue weighted by Gasteiger charge is 2.18. The van der Waals surface area contributed by atoms with E-state index in [1.807, 2.05) is 11.3 Å². The molecule has 0 saturated carbocycles. The first-order valence-corrected chi connectivity index (χ1v) is 8.43. The maximum absolute atomic E-state index is 5.19. The Labute approximate surface area is 127 Å². The maximum Gasteiger partial charge on any atom is 0.185 e. The first kappa shape index (κ1) is 17.4. The molecule has 0 aliphatic rings. The molecule has 1 rings (SSSR count). The molecule has 1 N–H and O–H groups in total. The van der Waals surface area contributed by atoms with Crippen LogP contribution >= 0.6 is 11.3 Å². The molecule has 0 amide bonds. The van der Waals surface area contributed by atoms with Crippen molar-refractivity contribution in [2.24, 2.45) is 0 Å². The second-order valence-electron chi connectivity index (χ2n) is 4.97. The van der Waals surface area contributed by atoms with Crippen LogP contribution in [-0.2, 0) is 11.3 Å². The van der Waals surface area contributed by atoms with E-state index < -0.39 is 0 Å². The average molecular weight is 299 g/mol. The molecule has 0 bridgehead atoms. The van der Waals surface area contributed by atoms with E-state index in [1.165, 1.54) is 10.6 Å². The SMILES string of the molecule is CCNCc1sc(N(CC)CCOC)nc1C(C)CC. The first-order valence-electron chi connectivity index (χ1n) is 7.61. The Balaban J connectivity index is 2.92. The van der Waals surface area contributed by atoms with Gasteiger partial charge in [-0.15, -0.1) is 11.3 Å². The van der Waals surface area contributed by atoms with Gasteiger partial charge in [-0.05, 0) is 25.8 Å². The Hall–Kier alpha value is -0.650. The van der Waals surface area contributed by atoms with Gasteiger partial charge in [-0.3, -0.25) is 0 Å². The highest BCUT2D eigenvalue weighted by Crippen LogP contribution is 2.32. The summed E-state index contributed by atoms with van der Waals surface area (Å²) in [6.07, 6.45) is 1.13. The van der Waals surface area contributed by atoms with Crippen LogP contribution in [0.2, 0.25) is 0 Å². The predicted molar refractivity (Wildman–Crippen MR) is 88.0 cm³/mol.